The van der Waals surface area contributed by atoms with Gasteiger partial charge in [0.05, 0.1) is 0 Å². The van der Waals surface area contributed by atoms with Crippen molar-refractivity contribution in [2.24, 2.45) is 0 Å². The molecule has 0 aromatic heterocycles. The first-order chi connectivity index (χ1) is 0. The van der Waals surface area contributed by atoms with Gasteiger partial charge in [-0.05, 0) is 0 Å². The maximum Gasteiger partial charge on any atom is 3.00 e. The van der Waals surface area contributed by atoms with Crippen LogP contribution in [0.1, 0.15) is 0 Å². The molecular weight excluding hydrogens is 314 g/mol. The Morgan fingerprint density at radius 1 is 0.417 bits per heavy atom. The van der Waals surface area contributed by atoms with Crippen LogP contribution in [0.4, 0.5) is 0 Å². The fourth-order valence-electron chi connectivity index (χ4n) is 0. The van der Waals surface area contributed by atoms with Gasteiger partial charge in [0.2, 0.25) is 0 Å². The van der Waals surface area contributed by atoms with E-state index in [2.05, 4.69) is 0 Å². The molecule has 0 unspecified atom stereocenters. The van der Waals surface area contributed by atoms with Crippen LogP contribution < -0.4 is 56.5 Å². The van der Waals surface area contributed by atoms with Crippen LogP contribution in [0.5, 0.6) is 0 Å². The zero-order valence-corrected chi connectivity index (χ0v) is 12.9. The van der Waals surface area contributed by atoms with Crippen molar-refractivity contribution >= 4 is 101 Å². The third kappa shape index (κ3) is 184. The maximum absolute atomic E-state index is 0. The maximum atomic E-state index is 0. The molecule has 0 rings (SSSR count). The molecule has 0 spiro atoms. The van der Waals surface area contributed by atoms with Crippen LogP contribution >= 0.6 is 0 Å². The van der Waals surface area contributed by atoms with E-state index in [-0.39, 0.29) is 157 Å². The van der Waals surface area contributed by atoms with Crippen molar-refractivity contribution in [2.75, 3.05) is 0 Å². The Labute approximate surface area is 154 Å². The average Bonchev–Trinajstić information content (AvgIpc) is 0. The summed E-state index contributed by atoms with van der Waals surface area (Å²) >= 11 is 0. The smallest absolute Gasteiger partial charge is 1.00 e. The quantitative estimate of drug-likeness (QED) is 0.308. The third-order valence-corrected chi connectivity index (χ3v) is 0. The van der Waals surface area contributed by atoms with Crippen molar-refractivity contribution in [3.63, 3.8) is 0 Å². The minimum absolute atomic E-state index is 0. The molecule has 0 saturated carbocycles. The Bertz CT molecular complexity index is 19.0. The van der Waals surface area contributed by atoms with Crippen LogP contribution in [0.3, 0.4) is 0 Å². The topological polar surface area (TPSA) is 0 Å². The van der Waals surface area contributed by atoms with E-state index < -0.39 is 0 Å². The summed E-state index contributed by atoms with van der Waals surface area (Å²) in [5, 5.41) is 0. The molecule has 64 valence electrons. The molecule has 12 heteroatoms. The number of hydrogen-bond donors (Lipinski definition) is 0. The minimum Gasteiger partial charge on any atom is -1.00 e. The molecular formula is AlCaF8LiSr. The Morgan fingerprint density at radius 2 is 0.417 bits per heavy atom. The largest absolute Gasteiger partial charge is 3.00 e. The van der Waals surface area contributed by atoms with Crippen molar-refractivity contribution in [1.82, 2.24) is 0 Å². The molecule has 0 aromatic carbocycles. The van der Waals surface area contributed by atoms with Crippen LogP contribution in [0, 0.1) is 0 Å². The first-order valence-corrected chi connectivity index (χ1v) is 0. The minimum atomic E-state index is 0. The van der Waals surface area contributed by atoms with Gasteiger partial charge < -0.3 is 37.6 Å². The van der Waals surface area contributed by atoms with Gasteiger partial charge >= 0.3 is 119 Å². The zero-order valence-electron chi connectivity index (χ0n) is 6.02. The summed E-state index contributed by atoms with van der Waals surface area (Å²) in [6.45, 7) is 0. The van der Waals surface area contributed by atoms with Gasteiger partial charge in [0.15, 0.2) is 0 Å². The Balaban J connectivity index is 0. The van der Waals surface area contributed by atoms with E-state index in [0.29, 0.717) is 0 Å². The molecule has 0 heterocycles. The summed E-state index contributed by atoms with van der Waals surface area (Å²) in [4.78, 5) is 0. The molecule has 0 nitrogen and oxygen atoms in total. The third-order valence-electron chi connectivity index (χ3n) is 0. The van der Waals surface area contributed by atoms with Gasteiger partial charge in [0.1, 0.15) is 0 Å². The van der Waals surface area contributed by atoms with E-state index in [1.54, 1.807) is 0 Å². The standard InChI is InChI=1S/Al.Ca.8FH.Li.Sr/h;;8*1H;;/q+3;+2;;;;;;;;;+1;+2/p-8. The van der Waals surface area contributed by atoms with Gasteiger partial charge in [0.25, 0.3) is 0 Å². The Hall–Kier alpha value is 3.31. The molecule has 0 radical (unpaired) electrons. The molecule has 0 aliphatic carbocycles. The molecule has 0 aliphatic rings. The molecule has 0 saturated heterocycles. The molecule has 0 amide bonds. The van der Waals surface area contributed by atoms with E-state index in [1.807, 2.05) is 0 Å². The van der Waals surface area contributed by atoms with E-state index in [4.69, 9.17) is 0 Å². The monoisotopic (exact) mass is 314 g/mol. The molecule has 0 N–H and O–H groups in total. The summed E-state index contributed by atoms with van der Waals surface area (Å²) < 4.78 is 0. The van der Waals surface area contributed by atoms with Crippen molar-refractivity contribution in [1.29, 1.82) is 0 Å². The Morgan fingerprint density at radius 3 is 0.417 bits per heavy atom. The van der Waals surface area contributed by atoms with Gasteiger partial charge in [-0.15, -0.1) is 0 Å². The van der Waals surface area contributed by atoms with Crippen LogP contribution in [-0.4, -0.2) is 101 Å². The zero-order chi connectivity index (χ0) is 0. The second-order valence-corrected chi connectivity index (χ2v) is 0. The van der Waals surface area contributed by atoms with Crippen LogP contribution in [-0.2, 0) is 0 Å². The van der Waals surface area contributed by atoms with E-state index in [0.717, 1.165) is 0 Å². The van der Waals surface area contributed by atoms with Gasteiger partial charge in [-0.25, -0.2) is 0 Å². The van der Waals surface area contributed by atoms with Gasteiger partial charge in [-0.2, -0.15) is 0 Å². The second kappa shape index (κ2) is 231. The van der Waals surface area contributed by atoms with E-state index >= 15 is 0 Å². The van der Waals surface area contributed by atoms with Gasteiger partial charge in [-0.3, -0.25) is 0 Å². The molecule has 0 atom stereocenters. The van der Waals surface area contributed by atoms with Crippen LogP contribution in [0.2, 0.25) is 0 Å². The van der Waals surface area contributed by atoms with Gasteiger partial charge in [-0.1, -0.05) is 0 Å². The van der Waals surface area contributed by atoms with Crippen LogP contribution in [0.15, 0.2) is 0 Å². The predicted molar refractivity (Wildman–Crippen MR) is 17.3 cm³/mol. The summed E-state index contributed by atoms with van der Waals surface area (Å²) in [5.74, 6) is 0. The average molecular weight is 314 g/mol. The van der Waals surface area contributed by atoms with E-state index in [9.17, 15) is 0 Å². The van der Waals surface area contributed by atoms with Crippen molar-refractivity contribution < 1.29 is 56.5 Å². The van der Waals surface area contributed by atoms with E-state index in [1.165, 1.54) is 0 Å². The molecule has 12 heavy (non-hydrogen) atoms. The van der Waals surface area contributed by atoms with Gasteiger partial charge in [0, 0.05) is 0 Å². The summed E-state index contributed by atoms with van der Waals surface area (Å²) in [7, 11) is 0. The van der Waals surface area contributed by atoms with Crippen molar-refractivity contribution in [3.8, 4) is 0 Å². The number of rotatable bonds is 0. The molecule has 0 bridgehead atoms. The van der Waals surface area contributed by atoms with Crippen LogP contribution in [0.25, 0.3) is 0 Å². The first-order valence-electron chi connectivity index (χ1n) is 0. The number of halogens is 8. The summed E-state index contributed by atoms with van der Waals surface area (Å²) in [5.41, 5.74) is 0. The molecule has 0 aliphatic heterocycles. The fourth-order valence-corrected chi connectivity index (χ4v) is 0. The molecule has 0 fully saturated rings. The number of hydrogen-bond acceptors (Lipinski definition) is 0. The second-order valence-electron chi connectivity index (χ2n) is 0. The first kappa shape index (κ1) is 286. The Kier molecular flexibility index (Phi) is 5520. The normalized spacial score (nSPS) is 0. The van der Waals surface area contributed by atoms with Crippen molar-refractivity contribution in [2.45, 2.75) is 0 Å². The fraction of sp³-hybridized carbons (Fsp3) is 0. The predicted octanol–water partition coefficient (Wildman–Crippen LogP) is -28.1. The summed E-state index contributed by atoms with van der Waals surface area (Å²) in [6.07, 6.45) is 0. The summed E-state index contributed by atoms with van der Waals surface area (Å²) in [6, 6.07) is 0. The SMILES string of the molecule is [Al+3].[Ca+2].[F-].[F-].[F-].[F-].[F-].[F-].[F-].[F-].[Li+].[Sr+2]. The van der Waals surface area contributed by atoms with Crippen molar-refractivity contribution in [3.05, 3.63) is 0 Å². The molecule has 0 aromatic rings.